The summed E-state index contributed by atoms with van der Waals surface area (Å²) in [4.78, 5) is 46.8. The molecule has 0 saturated carbocycles. The molecule has 11 nitrogen and oxygen atoms in total. The first kappa shape index (κ1) is 31.3. The topological polar surface area (TPSA) is 120 Å². The number of aromatic nitrogens is 1. The van der Waals surface area contributed by atoms with Crippen LogP contribution < -0.4 is 19.7 Å². The lowest BCUT2D eigenvalue weighted by atomic mass is 10.1. The van der Waals surface area contributed by atoms with E-state index in [9.17, 15) is 14.4 Å². The molecule has 2 aliphatic heterocycles. The number of nitrogens with one attached hydrogen (secondary N) is 1. The lowest BCUT2D eigenvalue weighted by Gasteiger charge is -2.30. The van der Waals surface area contributed by atoms with E-state index >= 15 is 0 Å². The van der Waals surface area contributed by atoms with Crippen molar-refractivity contribution in [2.75, 3.05) is 43.6 Å². The number of methoxy groups -OCH3 is 1. The van der Waals surface area contributed by atoms with Crippen LogP contribution in [0.4, 0.5) is 14.9 Å². The van der Waals surface area contributed by atoms with Gasteiger partial charge in [0.2, 0.25) is 0 Å². The van der Waals surface area contributed by atoms with Gasteiger partial charge in [-0.1, -0.05) is 11.3 Å². The van der Waals surface area contributed by atoms with Crippen molar-refractivity contribution in [3.8, 4) is 17.2 Å². The molecule has 3 heterocycles. The van der Waals surface area contributed by atoms with Crippen LogP contribution in [0.25, 0.3) is 0 Å². The summed E-state index contributed by atoms with van der Waals surface area (Å²) in [5.41, 5.74) is 1.01. The third-order valence-electron chi connectivity index (χ3n) is 6.91. The molecule has 0 unspecified atom stereocenters. The van der Waals surface area contributed by atoms with Crippen LogP contribution in [0, 0.1) is 0 Å². The zero-order valence-corrected chi connectivity index (χ0v) is 26.5. The molecule has 2 aliphatic rings. The summed E-state index contributed by atoms with van der Waals surface area (Å²) in [5.74, 6) is 0.908. The Morgan fingerprint density at radius 2 is 1.70 bits per heavy atom. The molecule has 1 aromatic heterocycles. The van der Waals surface area contributed by atoms with E-state index in [-0.39, 0.29) is 12.0 Å². The first-order valence-corrected chi connectivity index (χ1v) is 15.5. The number of hydrogen-bond donors (Lipinski definition) is 1. The molecule has 1 fully saturated rings. The van der Waals surface area contributed by atoms with Gasteiger partial charge in [0.25, 0.3) is 11.8 Å². The second kappa shape index (κ2) is 13.2. The number of likely N-dealkylation sites (tertiary alicyclic amines) is 1. The molecule has 234 valence electrons. The molecule has 5 rings (SSSR count). The Morgan fingerprint density at radius 1 is 0.977 bits per heavy atom. The van der Waals surface area contributed by atoms with Crippen molar-refractivity contribution < 1.29 is 33.3 Å². The van der Waals surface area contributed by atoms with Crippen LogP contribution in [0.15, 0.2) is 42.5 Å². The van der Waals surface area contributed by atoms with Gasteiger partial charge in [0.15, 0.2) is 5.13 Å². The van der Waals surface area contributed by atoms with Crippen molar-refractivity contribution in [1.82, 2.24) is 9.88 Å². The van der Waals surface area contributed by atoms with Gasteiger partial charge in [-0.2, -0.15) is 0 Å². The van der Waals surface area contributed by atoms with Crippen molar-refractivity contribution in [2.24, 2.45) is 0 Å². The summed E-state index contributed by atoms with van der Waals surface area (Å²) in [7, 11) is 1.59. The fraction of sp³-hybridized carbons (Fsp3) is 0.438. The van der Waals surface area contributed by atoms with Crippen LogP contribution in [0.3, 0.4) is 0 Å². The highest BCUT2D eigenvalue weighted by molar-refractivity contribution is 7.20. The third-order valence-corrected chi connectivity index (χ3v) is 7.95. The summed E-state index contributed by atoms with van der Waals surface area (Å²) >= 11 is 1.23. The lowest BCUT2D eigenvalue weighted by Crippen LogP contribution is -2.41. The van der Waals surface area contributed by atoms with Gasteiger partial charge in [0.05, 0.1) is 12.3 Å². The summed E-state index contributed by atoms with van der Waals surface area (Å²) in [6, 6.07) is 11.9. The minimum Gasteiger partial charge on any atom is -0.488 e. The highest BCUT2D eigenvalue weighted by Crippen LogP contribution is 2.37. The number of hydrogen-bond acceptors (Lipinski definition) is 9. The molecule has 3 amide bonds. The maximum Gasteiger partial charge on any atom is 0.415 e. The van der Waals surface area contributed by atoms with E-state index in [2.05, 4.69) is 10.3 Å². The number of amides is 3. The van der Waals surface area contributed by atoms with Gasteiger partial charge in [-0.3, -0.25) is 19.8 Å². The molecule has 0 radical (unpaired) electrons. The van der Waals surface area contributed by atoms with Crippen LogP contribution >= 0.6 is 11.3 Å². The molecule has 12 heteroatoms. The lowest BCUT2D eigenvalue weighted by molar-refractivity contribution is 0.0577. The number of benzene rings is 2. The summed E-state index contributed by atoms with van der Waals surface area (Å²) in [6.45, 7) is 9.77. The Balaban J connectivity index is 1.35. The van der Waals surface area contributed by atoms with Gasteiger partial charge in [-0.25, -0.2) is 9.78 Å². The number of carbonyl (C=O) groups excluding carboxylic acids is 3. The van der Waals surface area contributed by atoms with Crippen LogP contribution in [-0.4, -0.2) is 72.8 Å². The fourth-order valence-electron chi connectivity index (χ4n) is 4.77. The smallest absolute Gasteiger partial charge is 0.415 e. The average molecular weight is 623 g/mol. The zero-order chi connectivity index (χ0) is 31.4. The molecule has 0 aliphatic carbocycles. The average Bonchev–Trinajstić information content (AvgIpc) is 3.34. The van der Waals surface area contributed by atoms with Crippen molar-refractivity contribution in [1.29, 1.82) is 0 Å². The molecular weight excluding hydrogens is 584 g/mol. The van der Waals surface area contributed by atoms with E-state index in [4.69, 9.17) is 18.9 Å². The first-order valence-electron chi connectivity index (χ1n) is 14.7. The number of aryl methyl sites for hydroxylation is 1. The largest absolute Gasteiger partial charge is 0.488 e. The van der Waals surface area contributed by atoms with Gasteiger partial charge in [0, 0.05) is 43.9 Å². The second-order valence-electron chi connectivity index (χ2n) is 11.8. The Labute approximate surface area is 261 Å². The molecular formula is C32H38N4O7S. The number of anilines is 2. The predicted molar refractivity (Wildman–Crippen MR) is 167 cm³/mol. The number of fused-ring (bicyclic) bond motifs is 1. The van der Waals surface area contributed by atoms with E-state index in [0.29, 0.717) is 58.1 Å². The number of ether oxygens (including phenoxy) is 4. The molecule has 1 saturated heterocycles. The van der Waals surface area contributed by atoms with E-state index in [1.807, 2.05) is 27.7 Å². The number of rotatable bonds is 9. The van der Waals surface area contributed by atoms with Crippen molar-refractivity contribution in [2.45, 2.75) is 58.7 Å². The van der Waals surface area contributed by atoms with Crippen LogP contribution in [0.2, 0.25) is 0 Å². The Hall–Kier alpha value is -4.16. The van der Waals surface area contributed by atoms with Crippen molar-refractivity contribution >= 4 is 39.4 Å². The van der Waals surface area contributed by atoms with E-state index in [0.717, 1.165) is 31.6 Å². The van der Waals surface area contributed by atoms with Crippen LogP contribution in [0.1, 0.15) is 66.9 Å². The number of nitrogens with zero attached hydrogens (tertiary/aromatic N) is 3. The van der Waals surface area contributed by atoms with Crippen molar-refractivity contribution in [3.05, 3.63) is 59.3 Å². The Morgan fingerprint density at radius 3 is 2.36 bits per heavy atom. The van der Waals surface area contributed by atoms with E-state index in [1.54, 1.807) is 59.4 Å². The second-order valence-corrected chi connectivity index (χ2v) is 12.8. The normalized spacial score (nSPS) is 15.1. The molecule has 2 aromatic carbocycles. The van der Waals surface area contributed by atoms with E-state index in [1.165, 1.54) is 11.3 Å². The molecule has 1 N–H and O–H groups in total. The van der Waals surface area contributed by atoms with Crippen LogP contribution in [-0.2, 0) is 15.9 Å². The first-order chi connectivity index (χ1) is 21.0. The molecule has 3 aromatic rings. The highest BCUT2D eigenvalue weighted by atomic mass is 32.1. The van der Waals surface area contributed by atoms with Gasteiger partial charge in [0.1, 0.15) is 34.0 Å². The number of thiazole rings is 1. The minimum atomic E-state index is -0.627. The van der Waals surface area contributed by atoms with Gasteiger partial charge < -0.3 is 23.8 Å². The minimum absolute atomic E-state index is 0.00219. The maximum absolute atomic E-state index is 13.5. The maximum atomic E-state index is 13.5. The molecule has 0 bridgehead atoms. The monoisotopic (exact) mass is 622 g/mol. The zero-order valence-electron chi connectivity index (χ0n) is 25.7. The molecule has 44 heavy (non-hydrogen) atoms. The number of carbonyl (C=O) groups is 3. The molecule has 1 atom stereocenters. The highest BCUT2D eigenvalue weighted by Gasteiger charge is 2.30. The van der Waals surface area contributed by atoms with E-state index < -0.39 is 17.6 Å². The summed E-state index contributed by atoms with van der Waals surface area (Å²) in [6.07, 6.45) is 1.76. The SMILES string of the molecule is COC[C@H](C)Oc1cc(Oc2ccc(C(=O)N3CCC3)cc2)cc(C(=O)Nc2nc3c(s2)N(C(=O)OC(C)(C)C)CCC3)c1. The molecule has 0 spiro atoms. The quantitative estimate of drug-likeness (QED) is 0.303. The third kappa shape index (κ3) is 7.67. The summed E-state index contributed by atoms with van der Waals surface area (Å²) < 4.78 is 22.9. The Kier molecular flexibility index (Phi) is 9.40. The van der Waals surface area contributed by atoms with Gasteiger partial charge in [-0.05, 0) is 83.4 Å². The standard InChI is InChI=1S/C32H38N4O7S/c1-20(19-40-5)41-24-16-22(17-25(18-24)42-23-11-9-21(10-12-23)28(38)35-13-7-14-35)27(37)34-30-33-26-8-6-15-36(29(26)44-30)31(39)43-32(2,3)4/h9-12,16-18,20H,6-8,13-15,19H2,1-5H3,(H,33,34,37)/t20-/m0/s1. The Bertz CT molecular complexity index is 1510. The fourth-order valence-corrected chi connectivity index (χ4v) is 5.80. The van der Waals surface area contributed by atoms with Gasteiger partial charge >= 0.3 is 6.09 Å². The predicted octanol–water partition coefficient (Wildman–Crippen LogP) is 6.14. The van der Waals surface area contributed by atoms with Crippen molar-refractivity contribution in [3.63, 3.8) is 0 Å². The van der Waals surface area contributed by atoms with Crippen LogP contribution in [0.5, 0.6) is 17.2 Å². The van der Waals surface area contributed by atoms with Gasteiger partial charge in [-0.15, -0.1) is 0 Å². The summed E-state index contributed by atoms with van der Waals surface area (Å²) in [5, 5.41) is 3.92.